The van der Waals surface area contributed by atoms with Crippen LogP contribution in [0.25, 0.3) is 0 Å². The lowest BCUT2D eigenvalue weighted by atomic mass is 9.79. The van der Waals surface area contributed by atoms with Crippen molar-refractivity contribution in [2.75, 3.05) is 25.4 Å². The molecule has 6 nitrogen and oxygen atoms in total. The van der Waals surface area contributed by atoms with E-state index < -0.39 is 14.6 Å². The molecule has 2 saturated heterocycles. The molecule has 1 spiro atoms. The Morgan fingerprint density at radius 1 is 1.31 bits per heavy atom. The molecule has 26 heavy (non-hydrogen) atoms. The third-order valence-corrected chi connectivity index (χ3v) is 8.90. The maximum Gasteiger partial charge on any atom is 0.225 e. The number of carbonyl (C=O) groups excluding carboxylic acids is 1. The Kier molecular flexibility index (Phi) is 4.55. The normalized spacial score (nSPS) is 26.5. The second-order valence-corrected chi connectivity index (χ2v) is 10.4. The molecule has 3 aliphatic rings. The Morgan fingerprint density at radius 2 is 2.08 bits per heavy atom. The predicted octanol–water partition coefficient (Wildman–Crippen LogP) is 1.72. The van der Waals surface area contributed by atoms with Gasteiger partial charge in [0, 0.05) is 30.6 Å². The number of pyridine rings is 1. The van der Waals surface area contributed by atoms with E-state index >= 15 is 0 Å². The van der Waals surface area contributed by atoms with Gasteiger partial charge in [-0.1, -0.05) is 12.5 Å². The summed E-state index contributed by atoms with van der Waals surface area (Å²) in [5.41, 5.74) is 1.80. The zero-order valence-corrected chi connectivity index (χ0v) is 16.0. The molecule has 3 heterocycles. The van der Waals surface area contributed by atoms with E-state index in [1.54, 1.807) is 4.90 Å². The van der Waals surface area contributed by atoms with Gasteiger partial charge in [0.25, 0.3) is 0 Å². The summed E-state index contributed by atoms with van der Waals surface area (Å²) < 4.78 is 30.4. The number of aromatic nitrogens is 1. The second-order valence-electron chi connectivity index (χ2n) is 7.98. The molecule has 0 bridgehead atoms. The molecule has 1 aliphatic carbocycles. The predicted molar refractivity (Wildman–Crippen MR) is 97.2 cm³/mol. The summed E-state index contributed by atoms with van der Waals surface area (Å²) in [6.45, 7) is 3.42. The first-order chi connectivity index (χ1) is 12.4. The van der Waals surface area contributed by atoms with Crippen LogP contribution in [0, 0.1) is 18.8 Å². The van der Waals surface area contributed by atoms with Gasteiger partial charge in [0.15, 0.2) is 9.84 Å². The van der Waals surface area contributed by atoms with E-state index in [2.05, 4.69) is 4.98 Å². The molecule has 142 valence electrons. The van der Waals surface area contributed by atoms with Gasteiger partial charge in [-0.2, -0.15) is 0 Å². The topological polar surface area (TPSA) is 76.6 Å². The van der Waals surface area contributed by atoms with E-state index in [0.29, 0.717) is 32.7 Å². The quantitative estimate of drug-likeness (QED) is 0.780. The molecular formula is C19H26N2O4S. The van der Waals surface area contributed by atoms with Crippen molar-refractivity contribution in [2.45, 2.75) is 44.0 Å². The van der Waals surface area contributed by atoms with Gasteiger partial charge < -0.3 is 9.64 Å². The molecule has 4 rings (SSSR count). The van der Waals surface area contributed by atoms with E-state index in [4.69, 9.17) is 4.74 Å². The van der Waals surface area contributed by atoms with Crippen LogP contribution in [-0.4, -0.2) is 54.4 Å². The second kappa shape index (κ2) is 6.60. The zero-order chi connectivity index (χ0) is 18.4. The summed E-state index contributed by atoms with van der Waals surface area (Å²) in [5.74, 6) is 0.434. The minimum atomic E-state index is -3.17. The first-order valence-electron chi connectivity index (χ1n) is 9.43. The van der Waals surface area contributed by atoms with Crippen molar-refractivity contribution in [3.05, 3.63) is 29.6 Å². The van der Waals surface area contributed by atoms with Gasteiger partial charge in [-0.3, -0.25) is 9.78 Å². The molecular weight excluding hydrogens is 352 g/mol. The van der Waals surface area contributed by atoms with E-state index in [0.717, 1.165) is 30.7 Å². The smallest absolute Gasteiger partial charge is 0.225 e. The van der Waals surface area contributed by atoms with Gasteiger partial charge in [-0.25, -0.2) is 8.42 Å². The molecule has 1 aromatic heterocycles. The van der Waals surface area contributed by atoms with Crippen LogP contribution in [0.1, 0.15) is 37.1 Å². The van der Waals surface area contributed by atoms with Crippen LogP contribution in [0.2, 0.25) is 0 Å². The van der Waals surface area contributed by atoms with Gasteiger partial charge in [-0.15, -0.1) is 0 Å². The standard InChI is InChI=1S/C19H26N2O4S/c1-14-4-2-7-17(20-14)11-25-10-16-8-9-26(23,24)19(16)12-21(13-19)18(22)15-5-3-6-15/h2,4,7,15-16H,3,5-6,8-13H2,1H3/t16-/m0/s1. The lowest BCUT2D eigenvalue weighted by Crippen LogP contribution is -2.69. The van der Waals surface area contributed by atoms with E-state index in [-0.39, 0.29) is 23.5 Å². The van der Waals surface area contributed by atoms with Crippen LogP contribution < -0.4 is 0 Å². The summed E-state index contributed by atoms with van der Waals surface area (Å²) in [5, 5.41) is 0. The van der Waals surface area contributed by atoms with Crippen molar-refractivity contribution < 1.29 is 17.9 Å². The van der Waals surface area contributed by atoms with Crippen LogP contribution in [0.3, 0.4) is 0 Å². The number of likely N-dealkylation sites (tertiary alicyclic amines) is 1. The number of nitrogens with zero attached hydrogens (tertiary/aromatic N) is 2. The van der Waals surface area contributed by atoms with Gasteiger partial charge in [-0.05, 0) is 38.3 Å². The van der Waals surface area contributed by atoms with Crippen LogP contribution in [-0.2, 0) is 26.0 Å². The number of sulfone groups is 1. The molecule has 0 aromatic carbocycles. The largest absolute Gasteiger partial charge is 0.375 e. The lowest BCUT2D eigenvalue weighted by Gasteiger charge is -2.51. The van der Waals surface area contributed by atoms with Gasteiger partial charge in [0.2, 0.25) is 5.91 Å². The summed E-state index contributed by atoms with van der Waals surface area (Å²) in [6.07, 6.45) is 3.63. The molecule has 7 heteroatoms. The van der Waals surface area contributed by atoms with Crippen LogP contribution in [0.5, 0.6) is 0 Å². The van der Waals surface area contributed by atoms with Crippen molar-refractivity contribution >= 4 is 15.7 Å². The van der Waals surface area contributed by atoms with E-state index in [1.807, 2.05) is 25.1 Å². The molecule has 3 fully saturated rings. The molecule has 1 atom stereocenters. The van der Waals surface area contributed by atoms with E-state index in [1.165, 1.54) is 0 Å². The Labute approximate surface area is 154 Å². The summed E-state index contributed by atoms with van der Waals surface area (Å²) >= 11 is 0. The number of hydrogen-bond donors (Lipinski definition) is 0. The first-order valence-corrected chi connectivity index (χ1v) is 11.1. The molecule has 1 aromatic rings. The summed E-state index contributed by atoms with van der Waals surface area (Å²) in [6, 6.07) is 5.79. The summed E-state index contributed by atoms with van der Waals surface area (Å²) in [4.78, 5) is 18.6. The lowest BCUT2D eigenvalue weighted by molar-refractivity contribution is -0.145. The highest BCUT2D eigenvalue weighted by Gasteiger charge is 2.62. The molecule has 0 N–H and O–H groups in total. The number of ether oxygens (including phenoxy) is 1. The highest BCUT2D eigenvalue weighted by atomic mass is 32.2. The highest BCUT2D eigenvalue weighted by molar-refractivity contribution is 7.93. The third-order valence-electron chi connectivity index (χ3n) is 6.30. The molecule has 0 unspecified atom stereocenters. The Morgan fingerprint density at radius 3 is 2.73 bits per heavy atom. The van der Waals surface area contributed by atoms with Crippen molar-refractivity contribution in [1.82, 2.24) is 9.88 Å². The number of amides is 1. The van der Waals surface area contributed by atoms with Gasteiger partial charge in [0.1, 0.15) is 4.75 Å². The summed E-state index contributed by atoms with van der Waals surface area (Å²) in [7, 11) is -3.17. The minimum absolute atomic E-state index is 0.0391. The van der Waals surface area contributed by atoms with Crippen LogP contribution >= 0.6 is 0 Å². The monoisotopic (exact) mass is 378 g/mol. The maximum absolute atomic E-state index is 12.7. The average Bonchev–Trinajstić information content (AvgIpc) is 2.75. The van der Waals surface area contributed by atoms with Crippen LogP contribution in [0.15, 0.2) is 18.2 Å². The molecule has 1 amide bonds. The maximum atomic E-state index is 12.7. The van der Waals surface area contributed by atoms with Crippen molar-refractivity contribution in [2.24, 2.45) is 11.8 Å². The molecule has 2 aliphatic heterocycles. The number of rotatable bonds is 5. The minimum Gasteiger partial charge on any atom is -0.375 e. The fraction of sp³-hybridized carbons (Fsp3) is 0.684. The molecule has 1 saturated carbocycles. The SMILES string of the molecule is Cc1cccc(COC[C@@H]2CCS(=O)(=O)C23CN(C(=O)C2CCC2)C3)n1. The van der Waals surface area contributed by atoms with Crippen molar-refractivity contribution in [1.29, 1.82) is 0 Å². The Hall–Kier alpha value is -1.47. The number of aryl methyl sites for hydroxylation is 1. The van der Waals surface area contributed by atoms with Gasteiger partial charge in [0.05, 0.1) is 24.7 Å². The van der Waals surface area contributed by atoms with Crippen LogP contribution in [0.4, 0.5) is 0 Å². The fourth-order valence-corrected chi connectivity index (χ4v) is 6.76. The Bertz CT molecular complexity index is 798. The number of hydrogen-bond acceptors (Lipinski definition) is 5. The number of carbonyl (C=O) groups is 1. The van der Waals surface area contributed by atoms with Crippen molar-refractivity contribution in [3.8, 4) is 0 Å². The zero-order valence-electron chi connectivity index (χ0n) is 15.2. The van der Waals surface area contributed by atoms with Gasteiger partial charge >= 0.3 is 0 Å². The molecule has 0 radical (unpaired) electrons. The first kappa shape index (κ1) is 17.9. The van der Waals surface area contributed by atoms with Crippen molar-refractivity contribution in [3.63, 3.8) is 0 Å². The Balaban J connectivity index is 1.37. The third kappa shape index (κ3) is 2.95. The highest BCUT2D eigenvalue weighted by Crippen LogP contribution is 2.46. The van der Waals surface area contributed by atoms with E-state index in [9.17, 15) is 13.2 Å². The average molecular weight is 378 g/mol. The fourth-order valence-electron chi connectivity index (χ4n) is 4.36.